The number of rotatable bonds is 5. The van der Waals surface area contributed by atoms with Gasteiger partial charge in [0.15, 0.2) is 12.6 Å². The Kier molecular flexibility index (Phi) is 4.89. The highest BCUT2D eigenvalue weighted by Crippen LogP contribution is 2.48. The summed E-state index contributed by atoms with van der Waals surface area (Å²) < 4.78 is 22.2. The van der Waals surface area contributed by atoms with Crippen LogP contribution in [0.5, 0.6) is 0 Å². The molecule has 0 saturated carbocycles. The molecule has 2 fully saturated rings. The summed E-state index contributed by atoms with van der Waals surface area (Å²) in [4.78, 5) is 0. The summed E-state index contributed by atoms with van der Waals surface area (Å²) in [6.45, 7) is 11.4. The van der Waals surface area contributed by atoms with Crippen LogP contribution in [0.1, 0.15) is 27.7 Å². The molecule has 0 amide bonds. The molecule has 0 spiro atoms. The highest BCUT2D eigenvalue weighted by molar-refractivity contribution is 8.77. The van der Waals surface area contributed by atoms with Gasteiger partial charge in [0.2, 0.25) is 0 Å². The molecule has 2 aliphatic rings. The van der Waals surface area contributed by atoms with E-state index in [1.54, 1.807) is 21.6 Å². The van der Waals surface area contributed by atoms with E-state index in [1.807, 2.05) is 0 Å². The quantitative estimate of drug-likeness (QED) is 0.726. The summed E-state index contributed by atoms with van der Waals surface area (Å²) >= 11 is 0. The summed E-state index contributed by atoms with van der Waals surface area (Å²) in [5.41, 5.74) is 0. The molecule has 0 aliphatic carbocycles. The number of hydrogen-bond donors (Lipinski definition) is 0. The maximum atomic E-state index is 5.59. The van der Waals surface area contributed by atoms with Crippen molar-refractivity contribution in [3.8, 4) is 0 Å². The predicted octanol–water partition coefficient (Wildman–Crippen LogP) is 2.67. The summed E-state index contributed by atoms with van der Waals surface area (Å²) in [6, 6.07) is 0. The van der Waals surface area contributed by atoms with E-state index in [4.69, 9.17) is 18.9 Å². The largest absolute Gasteiger partial charge is 0.349 e. The van der Waals surface area contributed by atoms with Crippen molar-refractivity contribution in [3.63, 3.8) is 0 Å². The molecule has 0 N–H and O–H groups in total. The first-order valence-electron chi connectivity index (χ1n) is 6.25. The fourth-order valence-corrected chi connectivity index (χ4v) is 4.43. The van der Waals surface area contributed by atoms with Crippen molar-refractivity contribution in [1.29, 1.82) is 0 Å². The topological polar surface area (TPSA) is 36.9 Å². The second-order valence-corrected chi connectivity index (χ2v) is 8.96. The normalized spacial score (nSPS) is 24.0. The van der Waals surface area contributed by atoms with Crippen molar-refractivity contribution >= 4 is 21.6 Å². The van der Waals surface area contributed by atoms with E-state index in [0.29, 0.717) is 26.4 Å². The van der Waals surface area contributed by atoms with Gasteiger partial charge in [-0.2, -0.15) is 0 Å². The number of hydrogen-bond acceptors (Lipinski definition) is 6. The second-order valence-electron chi connectivity index (χ2n) is 5.52. The molecular weight excluding hydrogens is 272 g/mol. The minimum atomic E-state index is -0.129. The van der Waals surface area contributed by atoms with Crippen molar-refractivity contribution in [2.75, 3.05) is 26.4 Å². The predicted molar refractivity (Wildman–Crippen MR) is 74.7 cm³/mol. The minimum absolute atomic E-state index is 0.0863. The third-order valence-corrected chi connectivity index (χ3v) is 7.00. The van der Waals surface area contributed by atoms with Crippen LogP contribution in [0.3, 0.4) is 0 Å². The smallest absolute Gasteiger partial charge is 0.172 e. The van der Waals surface area contributed by atoms with Crippen LogP contribution in [-0.2, 0) is 18.9 Å². The summed E-state index contributed by atoms with van der Waals surface area (Å²) in [5.74, 6) is 0. The molecule has 2 saturated heterocycles. The lowest BCUT2D eigenvalue weighted by Crippen LogP contribution is -2.36. The third-order valence-electron chi connectivity index (χ3n) is 2.85. The van der Waals surface area contributed by atoms with Crippen LogP contribution >= 0.6 is 21.6 Å². The lowest BCUT2D eigenvalue weighted by Gasteiger charge is -2.34. The summed E-state index contributed by atoms with van der Waals surface area (Å²) in [6.07, 6.45) is -0.257. The monoisotopic (exact) mass is 294 g/mol. The van der Waals surface area contributed by atoms with E-state index in [2.05, 4.69) is 27.7 Å². The average Bonchev–Trinajstić information content (AvgIpc) is 2.99. The first kappa shape index (κ1) is 14.9. The van der Waals surface area contributed by atoms with Gasteiger partial charge in [-0.1, -0.05) is 21.6 Å². The van der Waals surface area contributed by atoms with Crippen LogP contribution < -0.4 is 0 Å². The average molecular weight is 294 g/mol. The molecule has 6 heteroatoms. The van der Waals surface area contributed by atoms with Gasteiger partial charge in [0.25, 0.3) is 0 Å². The van der Waals surface area contributed by atoms with Gasteiger partial charge in [0, 0.05) is 0 Å². The second kappa shape index (κ2) is 5.89. The highest BCUT2D eigenvalue weighted by Gasteiger charge is 2.41. The molecule has 0 aromatic carbocycles. The van der Waals surface area contributed by atoms with Gasteiger partial charge in [0.05, 0.1) is 35.9 Å². The molecule has 18 heavy (non-hydrogen) atoms. The maximum Gasteiger partial charge on any atom is 0.172 e. The van der Waals surface area contributed by atoms with Gasteiger partial charge in [-0.05, 0) is 27.7 Å². The van der Waals surface area contributed by atoms with Gasteiger partial charge in [-0.15, -0.1) is 0 Å². The Morgan fingerprint density at radius 2 is 0.944 bits per heavy atom. The molecule has 2 heterocycles. The van der Waals surface area contributed by atoms with E-state index in [9.17, 15) is 0 Å². The molecule has 0 bridgehead atoms. The van der Waals surface area contributed by atoms with Crippen molar-refractivity contribution in [1.82, 2.24) is 0 Å². The van der Waals surface area contributed by atoms with Crippen molar-refractivity contribution in [2.45, 2.75) is 49.8 Å². The summed E-state index contributed by atoms with van der Waals surface area (Å²) in [5, 5.41) is 0. The third kappa shape index (κ3) is 3.55. The first-order valence-corrected chi connectivity index (χ1v) is 8.40. The van der Waals surface area contributed by atoms with Crippen LogP contribution in [0.15, 0.2) is 0 Å². The van der Waals surface area contributed by atoms with Crippen LogP contribution in [0.25, 0.3) is 0 Å². The highest BCUT2D eigenvalue weighted by atomic mass is 33.1. The lowest BCUT2D eigenvalue weighted by molar-refractivity contribution is -0.0622. The Labute approximate surface area is 117 Å². The Balaban J connectivity index is 1.85. The maximum absolute atomic E-state index is 5.59. The Morgan fingerprint density at radius 1 is 0.667 bits per heavy atom. The van der Waals surface area contributed by atoms with Crippen molar-refractivity contribution in [3.05, 3.63) is 0 Å². The van der Waals surface area contributed by atoms with Gasteiger partial charge < -0.3 is 18.9 Å². The number of ether oxygens (including phenoxy) is 4. The van der Waals surface area contributed by atoms with E-state index in [-0.39, 0.29) is 22.1 Å². The van der Waals surface area contributed by atoms with Crippen LogP contribution in [-0.4, -0.2) is 48.5 Å². The lowest BCUT2D eigenvalue weighted by atomic mass is 10.2. The molecule has 106 valence electrons. The van der Waals surface area contributed by atoms with Crippen LogP contribution in [0.2, 0.25) is 0 Å². The SMILES string of the molecule is CC(C)(SSC(C)(C)C1OCCO1)C1OCCO1. The van der Waals surface area contributed by atoms with Gasteiger partial charge in [-0.25, -0.2) is 0 Å². The Bertz CT molecular complexity index is 243. The first-order chi connectivity index (χ1) is 8.42. The standard InChI is InChI=1S/C12H22O4S2/c1-11(2,9-13-5-6-14-9)17-18-12(3,4)10-15-7-8-16-10/h9-10H,5-8H2,1-4H3. The zero-order valence-electron chi connectivity index (χ0n) is 11.4. The van der Waals surface area contributed by atoms with E-state index in [1.165, 1.54) is 0 Å². The van der Waals surface area contributed by atoms with Crippen LogP contribution in [0, 0.1) is 0 Å². The molecule has 0 aromatic rings. The van der Waals surface area contributed by atoms with E-state index in [0.717, 1.165) is 0 Å². The fraction of sp³-hybridized carbons (Fsp3) is 1.00. The Hall–Kier alpha value is 0.540. The zero-order valence-corrected chi connectivity index (χ0v) is 13.1. The molecule has 2 aliphatic heterocycles. The molecule has 0 atom stereocenters. The molecule has 0 aromatic heterocycles. The minimum Gasteiger partial charge on any atom is -0.349 e. The fourth-order valence-electron chi connectivity index (χ4n) is 1.81. The summed E-state index contributed by atoms with van der Waals surface area (Å²) in [7, 11) is 3.55. The van der Waals surface area contributed by atoms with Gasteiger partial charge >= 0.3 is 0 Å². The zero-order chi connectivity index (χ0) is 13.2. The van der Waals surface area contributed by atoms with Crippen molar-refractivity contribution < 1.29 is 18.9 Å². The van der Waals surface area contributed by atoms with E-state index >= 15 is 0 Å². The molecular formula is C12H22O4S2. The van der Waals surface area contributed by atoms with Gasteiger partial charge in [0.1, 0.15) is 0 Å². The Morgan fingerprint density at radius 3 is 1.22 bits per heavy atom. The van der Waals surface area contributed by atoms with E-state index < -0.39 is 0 Å². The molecule has 2 rings (SSSR count). The van der Waals surface area contributed by atoms with Crippen LogP contribution in [0.4, 0.5) is 0 Å². The van der Waals surface area contributed by atoms with Crippen molar-refractivity contribution in [2.24, 2.45) is 0 Å². The molecule has 0 unspecified atom stereocenters. The molecule has 4 nitrogen and oxygen atoms in total. The van der Waals surface area contributed by atoms with Gasteiger partial charge in [-0.3, -0.25) is 0 Å². The molecule has 0 radical (unpaired) electrons.